The fraction of sp³-hybridized carbons (Fsp3) is 0.333. The molecule has 0 aromatic heterocycles. The van der Waals surface area contributed by atoms with Crippen LogP contribution in [0, 0.1) is 0 Å². The molecule has 0 fully saturated rings. The molecule has 76 valence electrons. The third kappa shape index (κ3) is 2.94. The Hall–Kier alpha value is 0.390. The molecule has 1 rings (SSSR count). The van der Waals surface area contributed by atoms with Gasteiger partial charge in [-0.3, -0.25) is 4.55 Å². The average molecular weight is 242 g/mol. The Balaban J connectivity index is -0.000000563. The van der Waals surface area contributed by atoms with Gasteiger partial charge in [0.1, 0.15) is 4.75 Å². The summed E-state index contributed by atoms with van der Waals surface area (Å²) in [5, 5.41) is 0. The number of hydrogen-bond donors (Lipinski definition) is 1. The summed E-state index contributed by atoms with van der Waals surface area (Å²) in [5.41, 5.74) is 0.581. The van der Waals surface area contributed by atoms with Crippen LogP contribution in [0.4, 0.5) is 0 Å². The van der Waals surface area contributed by atoms with Gasteiger partial charge in [-0.25, -0.2) is 0 Å². The Morgan fingerprint density at radius 2 is 1.64 bits per heavy atom. The van der Waals surface area contributed by atoms with Crippen molar-refractivity contribution in [2.75, 3.05) is 0 Å². The van der Waals surface area contributed by atoms with Crippen molar-refractivity contribution >= 4 is 47.9 Å². The van der Waals surface area contributed by atoms with Gasteiger partial charge in [-0.2, -0.15) is 8.42 Å². The Morgan fingerprint density at radius 1 is 1.21 bits per heavy atom. The van der Waals surface area contributed by atoms with Crippen LogP contribution in [0.3, 0.4) is 0 Å². The molecule has 0 saturated carbocycles. The van der Waals surface area contributed by atoms with E-state index in [2.05, 4.69) is 0 Å². The second kappa shape index (κ2) is 4.94. The van der Waals surface area contributed by atoms with E-state index in [1.165, 1.54) is 13.8 Å². The zero-order valence-corrected chi connectivity index (χ0v) is 11.3. The molecular weight excluding hydrogens is 228 g/mol. The van der Waals surface area contributed by atoms with E-state index in [1.54, 1.807) is 30.3 Å². The summed E-state index contributed by atoms with van der Waals surface area (Å²) in [7, 11) is -4.06. The molecule has 5 heteroatoms. The van der Waals surface area contributed by atoms with Crippen molar-refractivity contribution < 1.29 is 15.8 Å². The summed E-state index contributed by atoms with van der Waals surface area (Å²) in [6, 6.07) is 8.62. The normalized spacial score (nSPS) is 11.9. The van der Waals surface area contributed by atoms with Gasteiger partial charge in [0, 0.05) is 0 Å². The van der Waals surface area contributed by atoms with Crippen molar-refractivity contribution in [3.8, 4) is 0 Å². The van der Waals surface area contributed by atoms with Crippen LogP contribution < -0.4 is 0 Å². The topological polar surface area (TPSA) is 54.4 Å². The van der Waals surface area contributed by atoms with E-state index in [-0.39, 0.29) is 40.6 Å². The van der Waals surface area contributed by atoms with E-state index in [4.69, 9.17) is 4.55 Å². The third-order valence-electron chi connectivity index (χ3n) is 2.11. The Labute approximate surface area is 117 Å². The average Bonchev–Trinajstić information content (AvgIpc) is 2.04. The first-order valence-electron chi connectivity index (χ1n) is 3.88. The van der Waals surface area contributed by atoms with Crippen molar-refractivity contribution in [3.05, 3.63) is 35.9 Å². The molecular formula is C9H14CaO3S. The van der Waals surface area contributed by atoms with E-state index in [0.29, 0.717) is 5.56 Å². The van der Waals surface area contributed by atoms with Gasteiger partial charge in [0.05, 0.1) is 0 Å². The molecule has 0 saturated heterocycles. The molecule has 0 amide bonds. The second-order valence-corrected chi connectivity index (χ2v) is 5.32. The zero-order valence-electron chi connectivity index (χ0n) is 10.3. The quantitative estimate of drug-likeness (QED) is 0.634. The second-order valence-electron chi connectivity index (χ2n) is 3.35. The fourth-order valence-corrected chi connectivity index (χ4v) is 1.42. The summed E-state index contributed by atoms with van der Waals surface area (Å²) in [6.07, 6.45) is 0. The monoisotopic (exact) mass is 242 g/mol. The van der Waals surface area contributed by atoms with Crippen molar-refractivity contribution in [1.82, 2.24) is 0 Å². The van der Waals surface area contributed by atoms with Crippen molar-refractivity contribution in [1.29, 1.82) is 0 Å². The van der Waals surface area contributed by atoms with Crippen LogP contribution in [0.1, 0.15) is 22.3 Å². The Bertz CT molecular complexity index is 392. The van der Waals surface area contributed by atoms with Crippen LogP contribution in [-0.2, 0) is 14.9 Å². The van der Waals surface area contributed by atoms with Gasteiger partial charge in [-0.15, -0.1) is 0 Å². The van der Waals surface area contributed by atoms with Gasteiger partial charge in [0.15, 0.2) is 0 Å². The molecule has 0 aliphatic carbocycles. The first-order valence-corrected chi connectivity index (χ1v) is 5.32. The van der Waals surface area contributed by atoms with E-state index in [9.17, 15) is 8.42 Å². The summed E-state index contributed by atoms with van der Waals surface area (Å²) in [6.45, 7) is 2.94. The largest absolute Gasteiger partial charge is 2.00 e. The molecule has 14 heavy (non-hydrogen) atoms. The maximum Gasteiger partial charge on any atom is 2.00 e. The minimum atomic E-state index is -4.06. The minimum absolute atomic E-state index is 0. The van der Waals surface area contributed by atoms with E-state index >= 15 is 0 Å². The summed E-state index contributed by atoms with van der Waals surface area (Å²) in [5.74, 6) is 0. The number of hydrogen-bond acceptors (Lipinski definition) is 2. The molecule has 1 aromatic carbocycles. The summed E-state index contributed by atoms with van der Waals surface area (Å²) in [4.78, 5) is 0. The predicted molar refractivity (Wildman–Crippen MR) is 59.0 cm³/mol. The molecule has 1 aromatic rings. The van der Waals surface area contributed by atoms with Crippen molar-refractivity contribution in [2.45, 2.75) is 18.6 Å². The fourth-order valence-electron chi connectivity index (χ4n) is 0.988. The minimum Gasteiger partial charge on any atom is -1.00 e. The molecule has 3 nitrogen and oxygen atoms in total. The standard InChI is InChI=1S/C9H12O3S.Ca.2H/c1-9(2,13(10,11)12)8-6-4-3-5-7-8;;;/h3-7H,1-2H3,(H,10,11,12);;;/q;+2;2*-1. The van der Waals surface area contributed by atoms with Crippen LogP contribution in [0.25, 0.3) is 0 Å². The number of rotatable bonds is 2. The molecule has 0 bridgehead atoms. The molecule has 0 unspecified atom stereocenters. The van der Waals surface area contributed by atoms with Gasteiger partial charge in [-0.05, 0) is 19.4 Å². The van der Waals surface area contributed by atoms with Crippen LogP contribution in [-0.4, -0.2) is 50.7 Å². The summed E-state index contributed by atoms with van der Waals surface area (Å²) >= 11 is 0. The van der Waals surface area contributed by atoms with E-state index in [1.807, 2.05) is 0 Å². The molecule has 0 radical (unpaired) electrons. The maximum atomic E-state index is 11.0. The van der Waals surface area contributed by atoms with Crippen molar-refractivity contribution in [2.24, 2.45) is 0 Å². The first kappa shape index (κ1) is 14.4. The maximum absolute atomic E-state index is 11.0. The van der Waals surface area contributed by atoms with Gasteiger partial charge >= 0.3 is 37.7 Å². The van der Waals surface area contributed by atoms with Crippen LogP contribution >= 0.6 is 0 Å². The van der Waals surface area contributed by atoms with Crippen molar-refractivity contribution in [3.63, 3.8) is 0 Å². The van der Waals surface area contributed by atoms with Gasteiger partial charge in [0.25, 0.3) is 10.1 Å². The summed E-state index contributed by atoms with van der Waals surface area (Å²) < 4.78 is 29.7. The molecule has 0 spiro atoms. The molecule has 0 heterocycles. The Kier molecular flexibility index (Phi) is 5.08. The smallest absolute Gasteiger partial charge is 1.00 e. The SMILES string of the molecule is CC(C)(c1ccccc1)S(=O)(=O)O.[Ca+2].[H-].[H-]. The van der Waals surface area contributed by atoms with E-state index < -0.39 is 14.9 Å². The molecule has 0 atom stereocenters. The first-order chi connectivity index (χ1) is 5.86. The molecule has 0 aliphatic heterocycles. The molecule has 0 aliphatic rings. The van der Waals surface area contributed by atoms with Crippen LogP contribution in [0.15, 0.2) is 30.3 Å². The zero-order chi connectivity index (χ0) is 10.1. The third-order valence-corrected chi connectivity index (χ3v) is 3.64. The van der Waals surface area contributed by atoms with Crippen LogP contribution in [0.2, 0.25) is 0 Å². The molecule has 1 N–H and O–H groups in total. The predicted octanol–water partition coefficient (Wildman–Crippen LogP) is 1.65. The Morgan fingerprint density at radius 3 is 2.00 bits per heavy atom. The van der Waals surface area contributed by atoms with Gasteiger partial charge in [0.2, 0.25) is 0 Å². The van der Waals surface area contributed by atoms with E-state index in [0.717, 1.165) is 0 Å². The van der Waals surface area contributed by atoms with Gasteiger partial charge < -0.3 is 2.85 Å². The van der Waals surface area contributed by atoms with Gasteiger partial charge in [-0.1, -0.05) is 30.3 Å². The number of benzene rings is 1. The van der Waals surface area contributed by atoms with Crippen LogP contribution in [0.5, 0.6) is 0 Å².